The monoisotopic (exact) mass is 494 g/mol. The highest BCUT2D eigenvalue weighted by Gasteiger charge is 2.33. The molecule has 3 aromatic rings. The SMILES string of the molecule is O=S(=O)(N[C@@H]1CCN(Cc2ccc(-c3ccccc3Cl)cc2)C1)c1cccc(C(F)(F)F)c1. The van der Waals surface area contributed by atoms with Crippen molar-refractivity contribution in [2.24, 2.45) is 0 Å². The van der Waals surface area contributed by atoms with Crippen LogP contribution in [0.2, 0.25) is 5.02 Å². The van der Waals surface area contributed by atoms with Gasteiger partial charge < -0.3 is 0 Å². The maximum absolute atomic E-state index is 12.9. The molecular weight excluding hydrogens is 473 g/mol. The summed E-state index contributed by atoms with van der Waals surface area (Å²) < 4.78 is 66.6. The number of nitrogens with zero attached hydrogens (tertiary/aromatic N) is 1. The highest BCUT2D eigenvalue weighted by molar-refractivity contribution is 7.89. The van der Waals surface area contributed by atoms with Crippen LogP contribution < -0.4 is 4.72 Å². The van der Waals surface area contributed by atoms with Gasteiger partial charge in [-0.2, -0.15) is 13.2 Å². The summed E-state index contributed by atoms with van der Waals surface area (Å²) in [5.74, 6) is 0. The standard InChI is InChI=1S/C24H22ClF3N2O2S/c25-23-7-2-1-6-22(23)18-10-8-17(9-11-18)15-30-13-12-20(16-30)29-33(31,32)21-5-3-4-19(14-21)24(26,27)28/h1-11,14,20,29H,12-13,15-16H2/t20-/m1/s1. The fraction of sp³-hybridized carbons (Fsp3) is 0.250. The lowest BCUT2D eigenvalue weighted by molar-refractivity contribution is -0.137. The molecule has 0 bridgehead atoms. The first-order valence-electron chi connectivity index (χ1n) is 10.4. The lowest BCUT2D eigenvalue weighted by Crippen LogP contribution is -2.37. The van der Waals surface area contributed by atoms with Gasteiger partial charge in [0.2, 0.25) is 10.0 Å². The first-order valence-corrected chi connectivity index (χ1v) is 12.2. The largest absolute Gasteiger partial charge is 0.416 e. The second-order valence-electron chi connectivity index (χ2n) is 8.04. The van der Waals surface area contributed by atoms with E-state index in [1.54, 1.807) is 0 Å². The van der Waals surface area contributed by atoms with E-state index in [2.05, 4.69) is 9.62 Å². The predicted molar refractivity (Wildman–Crippen MR) is 122 cm³/mol. The van der Waals surface area contributed by atoms with Gasteiger partial charge in [-0.3, -0.25) is 4.90 Å². The van der Waals surface area contributed by atoms with Crippen LogP contribution in [0.4, 0.5) is 13.2 Å². The number of sulfonamides is 1. The third-order valence-electron chi connectivity index (χ3n) is 5.61. The minimum atomic E-state index is -4.60. The lowest BCUT2D eigenvalue weighted by Gasteiger charge is -2.17. The molecule has 1 fully saturated rings. The van der Waals surface area contributed by atoms with Gasteiger partial charge in [0, 0.05) is 36.3 Å². The molecule has 4 rings (SSSR count). The van der Waals surface area contributed by atoms with Crippen LogP contribution in [0, 0.1) is 0 Å². The van der Waals surface area contributed by atoms with Crippen molar-refractivity contribution >= 4 is 21.6 Å². The highest BCUT2D eigenvalue weighted by atomic mass is 35.5. The van der Waals surface area contributed by atoms with Crippen LogP contribution in [0.5, 0.6) is 0 Å². The van der Waals surface area contributed by atoms with Gasteiger partial charge in [0.1, 0.15) is 0 Å². The summed E-state index contributed by atoms with van der Waals surface area (Å²) in [4.78, 5) is 1.73. The number of likely N-dealkylation sites (tertiary alicyclic amines) is 1. The van der Waals surface area contributed by atoms with E-state index >= 15 is 0 Å². The van der Waals surface area contributed by atoms with Crippen LogP contribution in [-0.4, -0.2) is 32.4 Å². The molecule has 1 aliphatic heterocycles. The van der Waals surface area contributed by atoms with Crippen LogP contribution in [0.3, 0.4) is 0 Å². The Hall–Kier alpha value is -2.39. The third-order valence-corrected chi connectivity index (χ3v) is 7.46. The van der Waals surface area contributed by atoms with Gasteiger partial charge in [0.15, 0.2) is 0 Å². The zero-order valence-electron chi connectivity index (χ0n) is 17.5. The molecule has 1 saturated heterocycles. The summed E-state index contributed by atoms with van der Waals surface area (Å²) in [6.45, 7) is 1.80. The van der Waals surface area contributed by atoms with Gasteiger partial charge in [0.25, 0.3) is 0 Å². The third kappa shape index (κ3) is 5.76. The average molecular weight is 495 g/mol. The Morgan fingerprint density at radius 2 is 1.73 bits per heavy atom. The minimum absolute atomic E-state index is 0.369. The van der Waals surface area contributed by atoms with Gasteiger partial charge in [-0.05, 0) is 41.8 Å². The van der Waals surface area contributed by atoms with E-state index in [0.29, 0.717) is 37.1 Å². The summed E-state index contributed by atoms with van der Waals surface area (Å²) in [6, 6.07) is 19.1. The molecule has 1 aliphatic rings. The Morgan fingerprint density at radius 3 is 2.42 bits per heavy atom. The first-order chi connectivity index (χ1) is 15.6. The molecule has 1 N–H and O–H groups in total. The molecule has 0 aliphatic carbocycles. The zero-order chi connectivity index (χ0) is 23.6. The second-order valence-corrected chi connectivity index (χ2v) is 10.2. The van der Waals surface area contributed by atoms with E-state index < -0.39 is 21.8 Å². The van der Waals surface area contributed by atoms with Gasteiger partial charge in [-0.1, -0.05) is 60.1 Å². The summed E-state index contributed by atoms with van der Waals surface area (Å²) in [7, 11) is -4.05. The Kier molecular flexibility index (Phi) is 6.81. The molecule has 3 aromatic carbocycles. The van der Waals surface area contributed by atoms with Crippen LogP contribution in [0.15, 0.2) is 77.7 Å². The second kappa shape index (κ2) is 9.46. The van der Waals surface area contributed by atoms with E-state index in [9.17, 15) is 21.6 Å². The first kappa shape index (κ1) is 23.8. The maximum atomic E-state index is 12.9. The normalized spacial score (nSPS) is 17.4. The summed E-state index contributed by atoms with van der Waals surface area (Å²) in [5, 5.41) is 0.681. The fourth-order valence-corrected chi connectivity index (χ4v) is 5.49. The van der Waals surface area contributed by atoms with Gasteiger partial charge in [-0.15, -0.1) is 0 Å². The number of nitrogens with one attached hydrogen (secondary N) is 1. The lowest BCUT2D eigenvalue weighted by atomic mass is 10.0. The molecule has 9 heteroatoms. The van der Waals surface area contributed by atoms with Crippen LogP contribution in [0.1, 0.15) is 17.5 Å². The molecule has 1 atom stereocenters. The Bertz CT molecular complexity index is 1230. The fourth-order valence-electron chi connectivity index (χ4n) is 3.94. The number of hydrogen-bond donors (Lipinski definition) is 1. The van der Waals surface area contributed by atoms with Gasteiger partial charge in [-0.25, -0.2) is 13.1 Å². The molecular formula is C24H22ClF3N2O2S. The van der Waals surface area contributed by atoms with Crippen molar-refractivity contribution in [3.63, 3.8) is 0 Å². The van der Waals surface area contributed by atoms with Crippen molar-refractivity contribution in [2.75, 3.05) is 13.1 Å². The summed E-state index contributed by atoms with van der Waals surface area (Å²) in [5.41, 5.74) is 2.05. The summed E-state index contributed by atoms with van der Waals surface area (Å²) in [6.07, 6.45) is -4.02. The smallest absolute Gasteiger partial charge is 0.297 e. The highest BCUT2D eigenvalue weighted by Crippen LogP contribution is 2.31. The number of hydrogen-bond acceptors (Lipinski definition) is 3. The molecule has 0 amide bonds. The number of halogens is 4. The van der Waals surface area contributed by atoms with E-state index in [0.717, 1.165) is 28.8 Å². The van der Waals surface area contributed by atoms with Crippen molar-refractivity contribution in [3.8, 4) is 11.1 Å². The van der Waals surface area contributed by atoms with E-state index in [4.69, 9.17) is 11.6 Å². The van der Waals surface area contributed by atoms with Crippen LogP contribution in [0.25, 0.3) is 11.1 Å². The molecule has 0 aromatic heterocycles. The number of alkyl halides is 3. The van der Waals surface area contributed by atoms with Crippen molar-refractivity contribution in [1.82, 2.24) is 9.62 Å². The molecule has 174 valence electrons. The van der Waals surface area contributed by atoms with Gasteiger partial charge in [0.05, 0.1) is 10.5 Å². The average Bonchev–Trinajstić information content (AvgIpc) is 3.20. The Labute approximate surface area is 196 Å². The van der Waals surface area contributed by atoms with Gasteiger partial charge >= 0.3 is 6.18 Å². The molecule has 1 heterocycles. The molecule has 0 spiro atoms. The molecule has 33 heavy (non-hydrogen) atoms. The maximum Gasteiger partial charge on any atom is 0.416 e. The summed E-state index contributed by atoms with van der Waals surface area (Å²) >= 11 is 6.26. The van der Waals surface area contributed by atoms with Crippen molar-refractivity contribution < 1.29 is 21.6 Å². The Morgan fingerprint density at radius 1 is 1.00 bits per heavy atom. The molecule has 0 radical (unpaired) electrons. The van der Waals surface area contributed by atoms with Crippen molar-refractivity contribution in [3.05, 3.63) is 88.9 Å². The topological polar surface area (TPSA) is 49.4 Å². The quantitative estimate of drug-likeness (QED) is 0.487. The molecule has 0 unspecified atom stereocenters. The molecule has 0 saturated carbocycles. The van der Waals surface area contributed by atoms with Crippen LogP contribution in [-0.2, 0) is 22.7 Å². The number of benzene rings is 3. The Balaban J connectivity index is 1.37. The van der Waals surface area contributed by atoms with Crippen LogP contribution >= 0.6 is 11.6 Å². The van der Waals surface area contributed by atoms with E-state index in [1.165, 1.54) is 6.07 Å². The predicted octanol–water partition coefficient (Wildman–Crippen LogP) is 5.58. The molecule has 4 nitrogen and oxygen atoms in total. The zero-order valence-corrected chi connectivity index (χ0v) is 19.1. The van der Waals surface area contributed by atoms with Crippen molar-refractivity contribution in [2.45, 2.75) is 30.1 Å². The van der Waals surface area contributed by atoms with Crippen molar-refractivity contribution in [1.29, 1.82) is 0 Å². The van der Waals surface area contributed by atoms with E-state index in [1.807, 2.05) is 48.5 Å². The minimum Gasteiger partial charge on any atom is -0.297 e. The van der Waals surface area contributed by atoms with E-state index in [-0.39, 0.29) is 10.9 Å². The number of rotatable bonds is 6.